The zero-order chi connectivity index (χ0) is 12.4. The lowest BCUT2D eigenvalue weighted by molar-refractivity contribution is 0.523. The van der Waals surface area contributed by atoms with Crippen LogP contribution in [-0.2, 0) is 6.54 Å². The highest BCUT2D eigenvalue weighted by Crippen LogP contribution is 2.24. The predicted molar refractivity (Wildman–Crippen MR) is 65.3 cm³/mol. The lowest BCUT2D eigenvalue weighted by Gasteiger charge is -2.09. The summed E-state index contributed by atoms with van der Waals surface area (Å²) in [5.41, 5.74) is 0.385. The van der Waals surface area contributed by atoms with Gasteiger partial charge in [0.2, 0.25) is 0 Å². The minimum absolute atomic E-state index is 0.340. The fraction of sp³-hybridized carbons (Fsp3) is 0.333. The normalized spacial score (nSPS) is 11.1. The second-order valence-electron chi connectivity index (χ2n) is 4.32. The molecule has 2 rings (SSSR count). The van der Waals surface area contributed by atoms with E-state index in [0.717, 1.165) is 6.54 Å². The number of rotatable bonds is 3. The van der Waals surface area contributed by atoms with E-state index in [1.807, 2.05) is 4.57 Å². The van der Waals surface area contributed by atoms with Crippen LogP contribution in [0.25, 0.3) is 11.4 Å². The third kappa shape index (κ3) is 2.64. The first-order valence-corrected chi connectivity index (χ1v) is 5.79. The molecule has 0 spiro atoms. The van der Waals surface area contributed by atoms with Crippen LogP contribution in [0.3, 0.4) is 0 Å². The van der Waals surface area contributed by atoms with Crippen LogP contribution < -0.4 is 0 Å². The van der Waals surface area contributed by atoms with Gasteiger partial charge in [0.05, 0.1) is 5.56 Å². The first-order valence-electron chi connectivity index (χ1n) is 5.41. The number of benzene rings is 1. The van der Waals surface area contributed by atoms with E-state index in [2.05, 4.69) is 24.0 Å². The Hall–Kier alpha value is -1.42. The Balaban J connectivity index is 2.45. The monoisotopic (exact) mass is 253 g/mol. The third-order valence-electron chi connectivity index (χ3n) is 2.35. The second-order valence-corrected chi connectivity index (χ2v) is 4.76. The molecule has 0 bridgehead atoms. The Morgan fingerprint density at radius 3 is 2.88 bits per heavy atom. The van der Waals surface area contributed by atoms with Gasteiger partial charge < -0.3 is 4.57 Å². The van der Waals surface area contributed by atoms with Crippen LogP contribution in [0, 0.1) is 11.7 Å². The quantitative estimate of drug-likeness (QED) is 0.839. The Kier molecular flexibility index (Phi) is 3.43. The van der Waals surface area contributed by atoms with Crippen molar-refractivity contribution in [2.24, 2.45) is 5.92 Å². The van der Waals surface area contributed by atoms with Gasteiger partial charge in [-0.3, -0.25) is 0 Å². The van der Waals surface area contributed by atoms with Gasteiger partial charge in [0.1, 0.15) is 12.1 Å². The third-order valence-corrected chi connectivity index (χ3v) is 2.58. The van der Waals surface area contributed by atoms with Crippen molar-refractivity contribution in [1.29, 1.82) is 0 Å². The van der Waals surface area contributed by atoms with Gasteiger partial charge in [-0.15, -0.1) is 10.2 Å². The van der Waals surface area contributed by atoms with Gasteiger partial charge in [-0.1, -0.05) is 25.4 Å². The summed E-state index contributed by atoms with van der Waals surface area (Å²) in [5.74, 6) is 0.609. The Bertz CT molecular complexity index is 522. The highest BCUT2D eigenvalue weighted by molar-refractivity contribution is 6.30. The van der Waals surface area contributed by atoms with E-state index in [-0.39, 0.29) is 5.82 Å². The van der Waals surface area contributed by atoms with Gasteiger partial charge in [0, 0.05) is 11.6 Å². The van der Waals surface area contributed by atoms with E-state index in [0.29, 0.717) is 22.3 Å². The van der Waals surface area contributed by atoms with Gasteiger partial charge >= 0.3 is 0 Å². The van der Waals surface area contributed by atoms with Crippen LogP contribution in [0.15, 0.2) is 24.5 Å². The van der Waals surface area contributed by atoms with Crippen LogP contribution in [0.2, 0.25) is 5.02 Å². The van der Waals surface area contributed by atoms with Crippen LogP contribution in [-0.4, -0.2) is 14.8 Å². The molecule has 1 heterocycles. The molecule has 90 valence electrons. The van der Waals surface area contributed by atoms with Crippen molar-refractivity contribution in [2.45, 2.75) is 20.4 Å². The Labute approximate surface area is 104 Å². The van der Waals surface area contributed by atoms with Crippen molar-refractivity contribution in [3.8, 4) is 11.4 Å². The van der Waals surface area contributed by atoms with Crippen LogP contribution in [0.5, 0.6) is 0 Å². The van der Waals surface area contributed by atoms with Crippen molar-refractivity contribution in [3.63, 3.8) is 0 Å². The van der Waals surface area contributed by atoms with E-state index in [1.54, 1.807) is 12.4 Å². The molecule has 0 unspecified atom stereocenters. The molecule has 3 nitrogen and oxygen atoms in total. The van der Waals surface area contributed by atoms with Crippen molar-refractivity contribution in [3.05, 3.63) is 35.4 Å². The molecule has 0 saturated carbocycles. The first-order chi connectivity index (χ1) is 8.08. The van der Waals surface area contributed by atoms with Crippen molar-refractivity contribution >= 4 is 11.6 Å². The first kappa shape index (κ1) is 12.0. The second kappa shape index (κ2) is 4.84. The molecule has 0 aliphatic rings. The Morgan fingerprint density at radius 1 is 1.41 bits per heavy atom. The van der Waals surface area contributed by atoms with Gasteiger partial charge in [-0.05, 0) is 24.1 Å². The summed E-state index contributed by atoms with van der Waals surface area (Å²) < 4.78 is 15.5. The average Bonchev–Trinajstić information content (AvgIpc) is 2.69. The molecule has 0 N–H and O–H groups in total. The summed E-state index contributed by atoms with van der Waals surface area (Å²) >= 11 is 5.87. The van der Waals surface area contributed by atoms with Crippen molar-refractivity contribution < 1.29 is 4.39 Å². The summed E-state index contributed by atoms with van der Waals surface area (Å²) in [7, 11) is 0. The lowest BCUT2D eigenvalue weighted by Crippen LogP contribution is -2.05. The van der Waals surface area contributed by atoms with Gasteiger partial charge in [-0.2, -0.15) is 0 Å². The minimum atomic E-state index is -0.340. The smallest absolute Gasteiger partial charge is 0.166 e. The van der Waals surface area contributed by atoms with Crippen LogP contribution in [0.4, 0.5) is 4.39 Å². The minimum Gasteiger partial charge on any atom is -0.313 e. The van der Waals surface area contributed by atoms with E-state index >= 15 is 0 Å². The molecule has 5 heteroatoms. The number of hydrogen-bond donors (Lipinski definition) is 0. The van der Waals surface area contributed by atoms with E-state index < -0.39 is 0 Å². The van der Waals surface area contributed by atoms with E-state index in [4.69, 9.17) is 11.6 Å². The van der Waals surface area contributed by atoms with Gasteiger partial charge in [-0.25, -0.2) is 4.39 Å². The number of nitrogens with zero attached hydrogens (tertiary/aromatic N) is 3. The summed E-state index contributed by atoms with van der Waals surface area (Å²) in [5, 5.41) is 8.27. The van der Waals surface area contributed by atoms with Crippen molar-refractivity contribution in [1.82, 2.24) is 14.8 Å². The molecular weight excluding hydrogens is 241 g/mol. The van der Waals surface area contributed by atoms with Gasteiger partial charge in [0.15, 0.2) is 5.82 Å². The number of halogens is 2. The van der Waals surface area contributed by atoms with Gasteiger partial charge in [0.25, 0.3) is 0 Å². The standard InChI is InChI=1S/C12H13ClFN3/c1-8(2)6-17-7-15-16-12(17)10-5-9(13)3-4-11(10)14/h3-5,7-8H,6H2,1-2H3. The largest absolute Gasteiger partial charge is 0.313 e. The average molecular weight is 254 g/mol. The molecule has 1 aromatic carbocycles. The highest BCUT2D eigenvalue weighted by Gasteiger charge is 2.13. The van der Waals surface area contributed by atoms with Crippen LogP contribution in [0.1, 0.15) is 13.8 Å². The summed E-state index contributed by atoms with van der Waals surface area (Å²) in [6.45, 7) is 4.91. The molecule has 0 aliphatic carbocycles. The number of hydrogen-bond acceptors (Lipinski definition) is 2. The SMILES string of the molecule is CC(C)Cn1cnnc1-c1cc(Cl)ccc1F. The van der Waals surface area contributed by atoms with Crippen LogP contribution >= 0.6 is 11.6 Å². The molecule has 0 amide bonds. The van der Waals surface area contributed by atoms with E-state index in [9.17, 15) is 4.39 Å². The Morgan fingerprint density at radius 2 is 2.18 bits per heavy atom. The molecular formula is C12H13ClFN3. The molecule has 1 aromatic heterocycles. The summed E-state index contributed by atoms with van der Waals surface area (Å²) in [4.78, 5) is 0. The molecule has 0 saturated heterocycles. The summed E-state index contributed by atoms with van der Waals surface area (Å²) in [6.07, 6.45) is 1.61. The summed E-state index contributed by atoms with van der Waals surface area (Å²) in [6, 6.07) is 4.42. The molecule has 0 radical (unpaired) electrons. The predicted octanol–water partition coefficient (Wildman–Crippen LogP) is 3.39. The molecule has 17 heavy (non-hydrogen) atoms. The molecule has 0 atom stereocenters. The topological polar surface area (TPSA) is 30.7 Å². The fourth-order valence-corrected chi connectivity index (χ4v) is 1.83. The maximum absolute atomic E-state index is 13.7. The highest BCUT2D eigenvalue weighted by atomic mass is 35.5. The maximum Gasteiger partial charge on any atom is 0.166 e. The van der Waals surface area contributed by atoms with E-state index in [1.165, 1.54) is 12.1 Å². The fourth-order valence-electron chi connectivity index (χ4n) is 1.66. The molecule has 0 fully saturated rings. The zero-order valence-corrected chi connectivity index (χ0v) is 10.4. The number of aromatic nitrogens is 3. The maximum atomic E-state index is 13.7. The van der Waals surface area contributed by atoms with Crippen molar-refractivity contribution in [2.75, 3.05) is 0 Å². The molecule has 0 aliphatic heterocycles. The zero-order valence-electron chi connectivity index (χ0n) is 9.69. The molecule has 2 aromatic rings. The lowest BCUT2D eigenvalue weighted by atomic mass is 10.2.